The van der Waals surface area contributed by atoms with Crippen molar-refractivity contribution >= 4 is 0 Å². The summed E-state index contributed by atoms with van der Waals surface area (Å²) in [7, 11) is 1.74. The molecule has 1 aromatic rings. The van der Waals surface area contributed by atoms with Gasteiger partial charge in [0.1, 0.15) is 5.75 Å². The first-order chi connectivity index (χ1) is 7.76. The Bertz CT molecular complexity index is 365. The maximum atomic E-state index is 5.61. The Morgan fingerprint density at radius 2 is 2.31 bits per heavy atom. The molecule has 1 unspecified atom stereocenters. The molecule has 0 spiro atoms. The van der Waals surface area contributed by atoms with E-state index in [0.717, 1.165) is 25.4 Å². The number of rotatable bonds is 4. The van der Waals surface area contributed by atoms with Crippen molar-refractivity contribution in [3.8, 4) is 5.75 Å². The topological polar surface area (TPSA) is 38.5 Å². The number of aryl methyl sites for hydroxylation is 1. The van der Waals surface area contributed by atoms with Crippen LogP contribution < -0.4 is 10.5 Å². The quantitative estimate of drug-likeness (QED) is 0.839. The predicted octanol–water partition coefficient (Wildman–Crippen LogP) is 1.71. The summed E-state index contributed by atoms with van der Waals surface area (Å²) in [5.41, 5.74) is 8.20. The number of hydrogen-bond donors (Lipinski definition) is 1. The lowest BCUT2D eigenvalue weighted by Gasteiger charge is -2.41. The molecule has 1 aliphatic rings. The SMILES string of the molecule is COc1ccc(C)cc1C1CCN1CCN. The molecule has 88 valence electrons. The molecule has 1 aromatic carbocycles. The first-order valence-electron chi connectivity index (χ1n) is 5.85. The first kappa shape index (κ1) is 11.4. The molecule has 0 radical (unpaired) electrons. The number of nitrogens with two attached hydrogens (primary N) is 1. The molecule has 2 rings (SSSR count). The normalized spacial score (nSPS) is 20.6. The van der Waals surface area contributed by atoms with E-state index in [1.165, 1.54) is 17.5 Å². The molecule has 1 fully saturated rings. The van der Waals surface area contributed by atoms with Crippen LogP contribution in [0.5, 0.6) is 5.75 Å². The molecule has 0 aliphatic carbocycles. The van der Waals surface area contributed by atoms with Crippen LogP contribution in [0.4, 0.5) is 0 Å². The van der Waals surface area contributed by atoms with E-state index < -0.39 is 0 Å². The highest BCUT2D eigenvalue weighted by Crippen LogP contribution is 2.38. The number of ether oxygens (including phenoxy) is 1. The average Bonchev–Trinajstić information content (AvgIpc) is 2.25. The van der Waals surface area contributed by atoms with Crippen LogP contribution in [0.2, 0.25) is 0 Å². The van der Waals surface area contributed by atoms with Gasteiger partial charge in [0.2, 0.25) is 0 Å². The molecular formula is C13H20N2O. The summed E-state index contributed by atoms with van der Waals surface area (Å²) in [6.45, 7) is 4.97. The predicted molar refractivity (Wildman–Crippen MR) is 65.7 cm³/mol. The minimum Gasteiger partial charge on any atom is -0.496 e. The Labute approximate surface area is 97.2 Å². The molecule has 0 saturated carbocycles. The van der Waals surface area contributed by atoms with E-state index >= 15 is 0 Å². The molecule has 1 aliphatic heterocycles. The van der Waals surface area contributed by atoms with Gasteiger partial charge in [-0.15, -0.1) is 0 Å². The fourth-order valence-electron chi connectivity index (χ4n) is 2.34. The molecule has 0 bridgehead atoms. The van der Waals surface area contributed by atoms with Gasteiger partial charge in [0.05, 0.1) is 7.11 Å². The van der Waals surface area contributed by atoms with Gasteiger partial charge in [-0.25, -0.2) is 0 Å². The maximum absolute atomic E-state index is 5.61. The number of benzene rings is 1. The molecular weight excluding hydrogens is 200 g/mol. The van der Waals surface area contributed by atoms with Crippen LogP contribution in [0.25, 0.3) is 0 Å². The van der Waals surface area contributed by atoms with E-state index in [1.54, 1.807) is 7.11 Å². The number of methoxy groups -OCH3 is 1. The van der Waals surface area contributed by atoms with Crippen molar-refractivity contribution in [2.75, 3.05) is 26.7 Å². The first-order valence-corrected chi connectivity index (χ1v) is 5.85. The highest BCUT2D eigenvalue weighted by atomic mass is 16.5. The van der Waals surface area contributed by atoms with E-state index in [4.69, 9.17) is 10.5 Å². The van der Waals surface area contributed by atoms with Gasteiger partial charge in [0, 0.05) is 31.2 Å². The van der Waals surface area contributed by atoms with Crippen LogP contribution in [0, 0.1) is 6.92 Å². The maximum Gasteiger partial charge on any atom is 0.123 e. The summed E-state index contributed by atoms with van der Waals surface area (Å²) >= 11 is 0. The van der Waals surface area contributed by atoms with Crippen LogP contribution in [0.1, 0.15) is 23.6 Å². The summed E-state index contributed by atoms with van der Waals surface area (Å²) in [4.78, 5) is 2.41. The highest BCUT2D eigenvalue weighted by molar-refractivity contribution is 5.40. The second-order valence-corrected chi connectivity index (χ2v) is 4.37. The van der Waals surface area contributed by atoms with Crippen molar-refractivity contribution in [1.29, 1.82) is 0 Å². The number of nitrogens with zero attached hydrogens (tertiary/aromatic N) is 1. The Morgan fingerprint density at radius 1 is 1.50 bits per heavy atom. The molecule has 16 heavy (non-hydrogen) atoms. The van der Waals surface area contributed by atoms with E-state index in [2.05, 4.69) is 30.0 Å². The zero-order valence-corrected chi connectivity index (χ0v) is 10.1. The molecule has 0 aromatic heterocycles. The lowest BCUT2D eigenvalue weighted by Crippen LogP contribution is -2.43. The summed E-state index contributed by atoms with van der Waals surface area (Å²) in [6, 6.07) is 6.88. The van der Waals surface area contributed by atoms with E-state index in [1.807, 2.05) is 0 Å². The second kappa shape index (κ2) is 4.85. The molecule has 2 N–H and O–H groups in total. The van der Waals surface area contributed by atoms with Crippen LogP contribution >= 0.6 is 0 Å². The highest BCUT2D eigenvalue weighted by Gasteiger charge is 2.30. The minimum absolute atomic E-state index is 0.499. The van der Waals surface area contributed by atoms with Gasteiger partial charge in [-0.3, -0.25) is 4.90 Å². The van der Waals surface area contributed by atoms with E-state index in [9.17, 15) is 0 Å². The van der Waals surface area contributed by atoms with Gasteiger partial charge in [-0.1, -0.05) is 17.7 Å². The Morgan fingerprint density at radius 3 is 2.88 bits per heavy atom. The summed E-state index contributed by atoms with van der Waals surface area (Å²) in [5.74, 6) is 0.998. The van der Waals surface area contributed by atoms with Crippen LogP contribution in [0.3, 0.4) is 0 Å². The monoisotopic (exact) mass is 220 g/mol. The lowest BCUT2D eigenvalue weighted by atomic mass is 9.93. The molecule has 3 nitrogen and oxygen atoms in total. The standard InChI is InChI=1S/C13H20N2O/c1-10-3-4-13(16-2)11(9-10)12-5-7-15(12)8-6-14/h3-4,9,12H,5-8,14H2,1-2H3. The lowest BCUT2D eigenvalue weighted by molar-refractivity contribution is 0.0928. The third kappa shape index (κ3) is 2.06. The summed E-state index contributed by atoms with van der Waals surface area (Å²) in [6.07, 6.45) is 1.21. The van der Waals surface area contributed by atoms with Crippen LogP contribution in [-0.2, 0) is 0 Å². The smallest absolute Gasteiger partial charge is 0.123 e. The Balaban J connectivity index is 2.22. The molecule has 0 amide bonds. The number of likely N-dealkylation sites (tertiary alicyclic amines) is 1. The zero-order valence-electron chi connectivity index (χ0n) is 10.1. The van der Waals surface area contributed by atoms with Crippen molar-refractivity contribution in [3.05, 3.63) is 29.3 Å². The number of hydrogen-bond acceptors (Lipinski definition) is 3. The van der Waals surface area contributed by atoms with Crippen molar-refractivity contribution in [3.63, 3.8) is 0 Å². The van der Waals surface area contributed by atoms with Crippen LogP contribution in [-0.4, -0.2) is 31.6 Å². The third-order valence-electron chi connectivity index (χ3n) is 3.29. The van der Waals surface area contributed by atoms with Gasteiger partial charge < -0.3 is 10.5 Å². The van der Waals surface area contributed by atoms with Gasteiger partial charge >= 0.3 is 0 Å². The van der Waals surface area contributed by atoms with Gasteiger partial charge in [0.25, 0.3) is 0 Å². The summed E-state index contributed by atoms with van der Waals surface area (Å²) < 4.78 is 5.43. The van der Waals surface area contributed by atoms with Crippen molar-refractivity contribution in [1.82, 2.24) is 4.90 Å². The van der Waals surface area contributed by atoms with Gasteiger partial charge in [0.15, 0.2) is 0 Å². The van der Waals surface area contributed by atoms with Crippen molar-refractivity contribution < 1.29 is 4.74 Å². The Hall–Kier alpha value is -1.06. The fourth-order valence-corrected chi connectivity index (χ4v) is 2.34. The minimum atomic E-state index is 0.499. The average molecular weight is 220 g/mol. The van der Waals surface area contributed by atoms with Gasteiger partial charge in [-0.05, 0) is 19.4 Å². The fraction of sp³-hybridized carbons (Fsp3) is 0.538. The molecule has 1 saturated heterocycles. The molecule has 1 heterocycles. The van der Waals surface area contributed by atoms with Crippen molar-refractivity contribution in [2.45, 2.75) is 19.4 Å². The summed E-state index contributed by atoms with van der Waals surface area (Å²) in [5, 5.41) is 0. The van der Waals surface area contributed by atoms with E-state index in [0.29, 0.717) is 6.04 Å². The van der Waals surface area contributed by atoms with Crippen molar-refractivity contribution in [2.24, 2.45) is 5.73 Å². The second-order valence-electron chi connectivity index (χ2n) is 4.37. The molecule has 3 heteroatoms. The Kier molecular flexibility index (Phi) is 3.46. The largest absolute Gasteiger partial charge is 0.496 e. The van der Waals surface area contributed by atoms with Crippen LogP contribution in [0.15, 0.2) is 18.2 Å². The van der Waals surface area contributed by atoms with E-state index in [-0.39, 0.29) is 0 Å². The van der Waals surface area contributed by atoms with Gasteiger partial charge in [-0.2, -0.15) is 0 Å². The zero-order chi connectivity index (χ0) is 11.5. The third-order valence-corrected chi connectivity index (χ3v) is 3.29. The molecule has 1 atom stereocenters.